The number of hydrogen-bond donors (Lipinski definition) is 0. The second-order valence-electron chi connectivity index (χ2n) is 6.39. The Labute approximate surface area is 162 Å². The first kappa shape index (κ1) is 15.1. The van der Waals surface area contributed by atoms with E-state index in [0.717, 1.165) is 27.3 Å². The normalized spacial score (nSPS) is 11.9. The summed E-state index contributed by atoms with van der Waals surface area (Å²) >= 11 is 3.45. The molecular weight excluding hydrogens is 374 g/mol. The Bertz CT molecular complexity index is 1450. The third-order valence-corrected chi connectivity index (χ3v) is 6.80. The quantitative estimate of drug-likeness (QED) is 0.419. The number of aryl methyl sites for hydroxylation is 1. The minimum atomic E-state index is 0.895. The van der Waals surface area contributed by atoms with Gasteiger partial charge in [-0.3, -0.25) is 4.40 Å². The van der Waals surface area contributed by atoms with E-state index in [2.05, 4.69) is 67.7 Å². The van der Waals surface area contributed by atoms with E-state index in [1.54, 1.807) is 27.4 Å². The number of thiazole rings is 1. The van der Waals surface area contributed by atoms with Crippen LogP contribution in [0.5, 0.6) is 0 Å². The van der Waals surface area contributed by atoms with Crippen LogP contribution in [-0.4, -0.2) is 24.4 Å². The van der Waals surface area contributed by atoms with Crippen LogP contribution in [0.15, 0.2) is 54.0 Å². The van der Waals surface area contributed by atoms with Crippen molar-refractivity contribution < 1.29 is 0 Å². The van der Waals surface area contributed by atoms with Crippen LogP contribution < -0.4 is 0 Å². The van der Waals surface area contributed by atoms with Crippen molar-refractivity contribution in [2.45, 2.75) is 0 Å². The van der Waals surface area contributed by atoms with Crippen LogP contribution in [0.25, 0.3) is 47.8 Å². The van der Waals surface area contributed by atoms with Crippen molar-refractivity contribution in [1.82, 2.24) is 24.4 Å². The number of thiophene rings is 1. The average Bonchev–Trinajstić information content (AvgIpc) is 3.44. The van der Waals surface area contributed by atoms with Gasteiger partial charge in [-0.1, -0.05) is 28.7 Å². The molecule has 6 rings (SSSR count). The highest BCUT2D eigenvalue weighted by atomic mass is 32.1. The SMILES string of the molecule is Cn1nnc2ccc(-c3c(-c4ccc5sccc5c4)sc4n[c]cn34)cc21. The predicted octanol–water partition coefficient (Wildman–Crippen LogP) is 5.03. The van der Waals surface area contributed by atoms with Crippen LogP contribution in [0.3, 0.4) is 0 Å². The fourth-order valence-corrected chi connectivity index (χ4v) is 5.34. The molecule has 0 saturated heterocycles. The number of nitrogens with zero attached hydrogens (tertiary/aromatic N) is 5. The van der Waals surface area contributed by atoms with Crippen molar-refractivity contribution >= 4 is 48.8 Å². The summed E-state index contributed by atoms with van der Waals surface area (Å²) in [5, 5.41) is 11.7. The van der Waals surface area contributed by atoms with Crippen molar-refractivity contribution in [2.75, 3.05) is 0 Å². The molecule has 0 unspecified atom stereocenters. The molecule has 0 saturated carbocycles. The highest BCUT2D eigenvalue weighted by Crippen LogP contribution is 2.41. The maximum absolute atomic E-state index is 4.40. The molecule has 7 heteroatoms. The van der Waals surface area contributed by atoms with Crippen LogP contribution in [0.1, 0.15) is 0 Å². The maximum Gasteiger partial charge on any atom is 0.195 e. The number of rotatable bonds is 2. The van der Waals surface area contributed by atoms with Gasteiger partial charge in [-0.2, -0.15) is 0 Å². The highest BCUT2D eigenvalue weighted by molar-refractivity contribution is 7.21. The lowest BCUT2D eigenvalue weighted by molar-refractivity contribution is 0.736. The Kier molecular flexibility index (Phi) is 3.06. The number of benzene rings is 2. The van der Waals surface area contributed by atoms with Gasteiger partial charge in [-0.05, 0) is 46.7 Å². The van der Waals surface area contributed by atoms with Gasteiger partial charge in [0.1, 0.15) is 11.7 Å². The van der Waals surface area contributed by atoms with Gasteiger partial charge >= 0.3 is 0 Å². The Balaban J connectivity index is 1.65. The van der Waals surface area contributed by atoms with E-state index in [-0.39, 0.29) is 0 Å². The standard InChI is InChI=1S/C20H12N5S2/c1-24-16-11-13(2-4-15(16)22-23-24)18-19(27-20-21-7-8-25(18)20)14-3-5-17-12(10-14)6-9-26-17/h2-6,8-11H,1H3. The monoisotopic (exact) mass is 386 g/mol. The lowest BCUT2D eigenvalue weighted by Crippen LogP contribution is -1.91. The molecule has 0 bridgehead atoms. The van der Waals surface area contributed by atoms with Gasteiger partial charge in [0, 0.05) is 23.5 Å². The lowest BCUT2D eigenvalue weighted by atomic mass is 10.0. The van der Waals surface area contributed by atoms with Crippen molar-refractivity contribution in [3.05, 3.63) is 60.2 Å². The third kappa shape index (κ3) is 2.19. The zero-order chi connectivity index (χ0) is 18.0. The average molecular weight is 386 g/mol. The van der Waals surface area contributed by atoms with E-state index in [1.807, 2.05) is 19.3 Å². The molecule has 0 aliphatic rings. The summed E-state index contributed by atoms with van der Waals surface area (Å²) in [7, 11) is 1.92. The summed E-state index contributed by atoms with van der Waals surface area (Å²) in [6.45, 7) is 0. The predicted molar refractivity (Wildman–Crippen MR) is 110 cm³/mol. The van der Waals surface area contributed by atoms with Gasteiger partial charge in [-0.25, -0.2) is 9.67 Å². The fraction of sp³-hybridized carbons (Fsp3) is 0.0500. The van der Waals surface area contributed by atoms with Gasteiger partial charge < -0.3 is 0 Å². The van der Waals surface area contributed by atoms with E-state index in [1.165, 1.54) is 20.5 Å². The molecule has 2 aromatic carbocycles. The molecule has 0 spiro atoms. The van der Waals surface area contributed by atoms with Crippen LogP contribution in [0.4, 0.5) is 0 Å². The fourth-order valence-electron chi connectivity index (χ4n) is 3.48. The van der Waals surface area contributed by atoms with E-state index < -0.39 is 0 Å². The third-order valence-electron chi connectivity index (χ3n) is 4.80. The second kappa shape index (κ2) is 5.48. The summed E-state index contributed by atoms with van der Waals surface area (Å²) < 4.78 is 5.22. The van der Waals surface area contributed by atoms with Gasteiger partial charge in [0.25, 0.3) is 0 Å². The van der Waals surface area contributed by atoms with Crippen LogP contribution in [-0.2, 0) is 7.05 Å². The smallest absolute Gasteiger partial charge is 0.195 e. The van der Waals surface area contributed by atoms with Crippen molar-refractivity contribution in [3.8, 4) is 21.7 Å². The molecule has 0 atom stereocenters. The Morgan fingerprint density at radius 2 is 1.96 bits per heavy atom. The summed E-state index contributed by atoms with van der Waals surface area (Å²) in [5.74, 6) is 0. The first-order chi connectivity index (χ1) is 13.3. The molecule has 5 nitrogen and oxygen atoms in total. The molecule has 0 fully saturated rings. The summed E-state index contributed by atoms with van der Waals surface area (Å²) in [6, 6.07) is 15.1. The van der Waals surface area contributed by atoms with Crippen LogP contribution in [0.2, 0.25) is 0 Å². The molecule has 4 heterocycles. The molecule has 0 aliphatic carbocycles. The van der Waals surface area contributed by atoms with Crippen LogP contribution in [0, 0.1) is 6.20 Å². The summed E-state index contributed by atoms with van der Waals surface area (Å²) in [5.41, 5.74) is 5.35. The number of imidazole rings is 1. The first-order valence-corrected chi connectivity index (χ1v) is 10.1. The zero-order valence-corrected chi connectivity index (χ0v) is 15.9. The van der Waals surface area contributed by atoms with E-state index in [0.29, 0.717) is 0 Å². The van der Waals surface area contributed by atoms with Crippen molar-refractivity contribution in [2.24, 2.45) is 7.05 Å². The molecule has 0 amide bonds. The molecule has 6 aromatic rings. The molecule has 0 N–H and O–H groups in total. The van der Waals surface area contributed by atoms with Crippen molar-refractivity contribution in [1.29, 1.82) is 0 Å². The Morgan fingerprint density at radius 1 is 1.04 bits per heavy atom. The van der Waals surface area contributed by atoms with Crippen molar-refractivity contribution in [3.63, 3.8) is 0 Å². The molecule has 27 heavy (non-hydrogen) atoms. The number of hydrogen-bond acceptors (Lipinski definition) is 5. The lowest BCUT2D eigenvalue weighted by Gasteiger charge is -2.06. The molecule has 1 radical (unpaired) electrons. The minimum Gasteiger partial charge on any atom is -0.289 e. The number of fused-ring (bicyclic) bond motifs is 3. The van der Waals surface area contributed by atoms with Gasteiger partial charge in [-0.15, -0.1) is 16.4 Å². The van der Waals surface area contributed by atoms with E-state index >= 15 is 0 Å². The van der Waals surface area contributed by atoms with E-state index in [4.69, 9.17) is 0 Å². The Hall–Kier alpha value is -3.03. The summed E-state index contributed by atoms with van der Waals surface area (Å²) in [4.78, 5) is 6.54. The van der Waals surface area contributed by atoms with Crippen LogP contribution >= 0.6 is 22.7 Å². The molecule has 0 aliphatic heterocycles. The minimum absolute atomic E-state index is 0.895. The first-order valence-electron chi connectivity index (χ1n) is 8.43. The largest absolute Gasteiger partial charge is 0.289 e. The van der Waals surface area contributed by atoms with E-state index in [9.17, 15) is 0 Å². The summed E-state index contributed by atoms with van der Waals surface area (Å²) in [6.07, 6.45) is 4.87. The molecule has 4 aromatic heterocycles. The van der Waals surface area contributed by atoms with Gasteiger partial charge in [0.2, 0.25) is 0 Å². The molecule has 129 valence electrons. The second-order valence-corrected chi connectivity index (χ2v) is 8.32. The Morgan fingerprint density at radius 3 is 2.93 bits per heavy atom. The topological polar surface area (TPSA) is 48.0 Å². The molecular formula is C20H12N5S2. The van der Waals surface area contributed by atoms with Gasteiger partial charge in [0.15, 0.2) is 4.96 Å². The zero-order valence-electron chi connectivity index (χ0n) is 14.2. The number of aromatic nitrogens is 5. The van der Waals surface area contributed by atoms with Gasteiger partial charge in [0.05, 0.1) is 16.1 Å². The highest BCUT2D eigenvalue weighted by Gasteiger charge is 2.18. The maximum atomic E-state index is 4.40.